The van der Waals surface area contributed by atoms with E-state index in [2.05, 4.69) is 20.9 Å². The van der Waals surface area contributed by atoms with Crippen molar-refractivity contribution in [2.45, 2.75) is 19.9 Å². The van der Waals surface area contributed by atoms with Crippen LogP contribution in [0.4, 0.5) is 0 Å². The molecular formula is C14H13BrCl2N2O2. The second-order valence-electron chi connectivity index (χ2n) is 4.35. The Morgan fingerprint density at radius 1 is 1.43 bits per heavy atom. The summed E-state index contributed by atoms with van der Waals surface area (Å²) >= 11 is 15.4. The second-order valence-corrected chi connectivity index (χ2v) is 5.90. The van der Waals surface area contributed by atoms with Crippen LogP contribution < -0.4 is 0 Å². The van der Waals surface area contributed by atoms with Crippen LogP contribution in [0, 0.1) is 0 Å². The molecule has 0 radical (unpaired) electrons. The van der Waals surface area contributed by atoms with Gasteiger partial charge in [0.1, 0.15) is 6.54 Å². The Hall–Kier alpha value is -1.04. The van der Waals surface area contributed by atoms with Gasteiger partial charge >= 0.3 is 5.97 Å². The van der Waals surface area contributed by atoms with E-state index in [1.807, 2.05) is 6.07 Å². The number of halogens is 3. The molecule has 112 valence electrons. The summed E-state index contributed by atoms with van der Waals surface area (Å²) in [6, 6.07) is 5.35. The first kappa shape index (κ1) is 16.3. The van der Waals surface area contributed by atoms with E-state index in [9.17, 15) is 4.79 Å². The Kier molecular flexibility index (Phi) is 5.67. The van der Waals surface area contributed by atoms with Crippen LogP contribution in [0.5, 0.6) is 0 Å². The zero-order valence-corrected chi connectivity index (χ0v) is 14.4. The van der Waals surface area contributed by atoms with Gasteiger partial charge in [-0.05, 0) is 40.5 Å². The molecule has 2 rings (SSSR count). The first-order valence-corrected chi connectivity index (χ1v) is 7.85. The first-order chi connectivity index (χ1) is 9.99. The minimum Gasteiger partial charge on any atom is -0.465 e. The third kappa shape index (κ3) is 4.46. The third-order valence-corrected chi connectivity index (χ3v) is 3.99. The summed E-state index contributed by atoms with van der Waals surface area (Å²) in [5.74, 6) is -0.299. The van der Waals surface area contributed by atoms with E-state index in [0.717, 1.165) is 11.3 Å². The maximum Gasteiger partial charge on any atom is 0.326 e. The van der Waals surface area contributed by atoms with Crippen LogP contribution in [0.15, 0.2) is 29.1 Å². The molecule has 1 aromatic carbocycles. The zero-order chi connectivity index (χ0) is 15.4. The molecule has 0 N–H and O–H groups in total. The molecule has 0 unspecified atom stereocenters. The summed E-state index contributed by atoms with van der Waals surface area (Å²) in [4.78, 5) is 15.9. The van der Waals surface area contributed by atoms with Gasteiger partial charge in [0.15, 0.2) is 4.73 Å². The van der Waals surface area contributed by atoms with Crippen molar-refractivity contribution in [3.8, 4) is 0 Å². The minimum atomic E-state index is -0.299. The molecule has 0 aliphatic rings. The SMILES string of the molecule is CCOC(=O)Cn1cc(Cc2ccc(Cl)cc2Cl)nc1Br. The molecule has 4 nitrogen and oxygen atoms in total. The van der Waals surface area contributed by atoms with Crippen LogP contribution in [0.1, 0.15) is 18.2 Å². The Bertz CT molecular complexity index is 658. The number of hydrogen-bond donors (Lipinski definition) is 0. The van der Waals surface area contributed by atoms with Crippen LogP contribution >= 0.6 is 39.1 Å². The van der Waals surface area contributed by atoms with Crippen LogP contribution in [0.2, 0.25) is 10.0 Å². The Labute approximate surface area is 141 Å². The highest BCUT2D eigenvalue weighted by Crippen LogP contribution is 2.23. The fourth-order valence-corrected chi connectivity index (χ4v) is 2.78. The van der Waals surface area contributed by atoms with Crippen molar-refractivity contribution in [2.75, 3.05) is 6.61 Å². The van der Waals surface area contributed by atoms with Gasteiger partial charge in [0.2, 0.25) is 0 Å². The molecule has 0 amide bonds. The van der Waals surface area contributed by atoms with E-state index in [1.54, 1.807) is 29.8 Å². The summed E-state index contributed by atoms with van der Waals surface area (Å²) in [5.41, 5.74) is 1.73. The standard InChI is InChI=1S/C14H13BrCl2N2O2/c1-2-21-13(20)8-19-7-11(18-14(19)15)5-9-3-4-10(16)6-12(9)17/h3-4,6-7H,2,5,8H2,1H3. The van der Waals surface area contributed by atoms with Gasteiger partial charge in [0, 0.05) is 22.7 Å². The van der Waals surface area contributed by atoms with Crippen LogP contribution in [-0.2, 0) is 22.5 Å². The molecule has 0 atom stereocenters. The number of rotatable bonds is 5. The summed E-state index contributed by atoms with van der Waals surface area (Å²) < 4.78 is 7.19. The molecule has 21 heavy (non-hydrogen) atoms. The van der Waals surface area contributed by atoms with Crippen molar-refractivity contribution >= 4 is 45.1 Å². The largest absolute Gasteiger partial charge is 0.465 e. The number of esters is 1. The lowest BCUT2D eigenvalue weighted by atomic mass is 10.1. The van der Waals surface area contributed by atoms with Gasteiger partial charge in [-0.3, -0.25) is 4.79 Å². The Morgan fingerprint density at radius 3 is 2.86 bits per heavy atom. The van der Waals surface area contributed by atoms with Gasteiger partial charge in [0.25, 0.3) is 0 Å². The lowest BCUT2D eigenvalue weighted by Crippen LogP contribution is -2.12. The van der Waals surface area contributed by atoms with Crippen molar-refractivity contribution in [1.82, 2.24) is 9.55 Å². The van der Waals surface area contributed by atoms with Crippen molar-refractivity contribution in [3.05, 3.63) is 50.4 Å². The number of imidazole rings is 1. The van der Waals surface area contributed by atoms with E-state index in [-0.39, 0.29) is 12.5 Å². The molecular weight excluding hydrogens is 379 g/mol. The fraction of sp³-hybridized carbons (Fsp3) is 0.286. The third-order valence-electron chi connectivity index (χ3n) is 2.77. The zero-order valence-electron chi connectivity index (χ0n) is 11.3. The molecule has 1 heterocycles. The molecule has 0 saturated heterocycles. The highest BCUT2D eigenvalue weighted by molar-refractivity contribution is 9.10. The summed E-state index contributed by atoms with van der Waals surface area (Å²) in [5, 5.41) is 1.19. The van der Waals surface area contributed by atoms with Crippen molar-refractivity contribution in [2.24, 2.45) is 0 Å². The van der Waals surface area contributed by atoms with Crippen molar-refractivity contribution in [3.63, 3.8) is 0 Å². The lowest BCUT2D eigenvalue weighted by molar-refractivity contribution is -0.143. The van der Waals surface area contributed by atoms with E-state index in [0.29, 0.717) is 27.8 Å². The number of ether oxygens (including phenoxy) is 1. The van der Waals surface area contributed by atoms with E-state index in [1.165, 1.54) is 0 Å². The van der Waals surface area contributed by atoms with Crippen LogP contribution in [-0.4, -0.2) is 22.1 Å². The quantitative estimate of drug-likeness (QED) is 0.720. The molecule has 0 saturated carbocycles. The summed E-state index contributed by atoms with van der Waals surface area (Å²) in [7, 11) is 0. The normalized spacial score (nSPS) is 10.7. The van der Waals surface area contributed by atoms with Gasteiger partial charge in [-0.25, -0.2) is 4.98 Å². The number of carbonyl (C=O) groups is 1. The second kappa shape index (κ2) is 7.29. The van der Waals surface area contributed by atoms with Crippen LogP contribution in [0.3, 0.4) is 0 Å². The molecule has 1 aromatic heterocycles. The molecule has 0 fully saturated rings. The van der Waals surface area contributed by atoms with Crippen molar-refractivity contribution in [1.29, 1.82) is 0 Å². The monoisotopic (exact) mass is 390 g/mol. The van der Waals surface area contributed by atoms with Gasteiger partial charge in [-0.1, -0.05) is 29.3 Å². The fourth-order valence-electron chi connectivity index (χ4n) is 1.85. The van der Waals surface area contributed by atoms with Gasteiger partial charge in [0.05, 0.1) is 12.3 Å². The van der Waals surface area contributed by atoms with E-state index in [4.69, 9.17) is 27.9 Å². The number of hydrogen-bond acceptors (Lipinski definition) is 3. The molecule has 0 aliphatic carbocycles. The van der Waals surface area contributed by atoms with E-state index >= 15 is 0 Å². The minimum absolute atomic E-state index is 0.121. The molecule has 7 heteroatoms. The number of carbonyl (C=O) groups excluding carboxylic acids is 1. The smallest absolute Gasteiger partial charge is 0.326 e. The maximum atomic E-state index is 11.5. The highest BCUT2D eigenvalue weighted by Gasteiger charge is 2.11. The number of nitrogens with zero attached hydrogens (tertiary/aromatic N) is 2. The predicted molar refractivity (Wildman–Crippen MR) is 85.8 cm³/mol. The van der Waals surface area contributed by atoms with Gasteiger partial charge in [-0.15, -0.1) is 0 Å². The first-order valence-electron chi connectivity index (χ1n) is 6.30. The maximum absolute atomic E-state index is 11.5. The van der Waals surface area contributed by atoms with Crippen molar-refractivity contribution < 1.29 is 9.53 Å². The average molecular weight is 392 g/mol. The van der Waals surface area contributed by atoms with Gasteiger partial charge in [-0.2, -0.15) is 0 Å². The lowest BCUT2D eigenvalue weighted by Gasteiger charge is -2.03. The molecule has 0 bridgehead atoms. The Morgan fingerprint density at radius 2 is 2.19 bits per heavy atom. The predicted octanol–water partition coefficient (Wildman–Crippen LogP) is 4.11. The molecule has 0 aliphatic heterocycles. The summed E-state index contributed by atoms with van der Waals surface area (Å²) in [6.07, 6.45) is 2.36. The number of benzene rings is 1. The van der Waals surface area contributed by atoms with E-state index < -0.39 is 0 Å². The molecule has 0 spiro atoms. The van der Waals surface area contributed by atoms with Crippen LogP contribution in [0.25, 0.3) is 0 Å². The average Bonchev–Trinajstić information content (AvgIpc) is 2.73. The Balaban J connectivity index is 2.13. The summed E-state index contributed by atoms with van der Waals surface area (Å²) in [6.45, 7) is 2.25. The number of aromatic nitrogens is 2. The highest BCUT2D eigenvalue weighted by atomic mass is 79.9. The molecule has 2 aromatic rings. The van der Waals surface area contributed by atoms with Gasteiger partial charge < -0.3 is 9.30 Å². The topological polar surface area (TPSA) is 44.1 Å².